The number of carbonyl (C=O) groups is 1. The molecule has 4 atom stereocenters. The van der Waals surface area contributed by atoms with Crippen LogP contribution in [0.25, 0.3) is 0 Å². The fourth-order valence-electron chi connectivity index (χ4n) is 6.03. The molecule has 0 amide bonds. The van der Waals surface area contributed by atoms with E-state index in [9.17, 15) is 4.79 Å². The molecule has 1 fully saturated rings. The first-order valence-corrected chi connectivity index (χ1v) is 22.5. The molecular formula is C40H64O6Si2. The van der Waals surface area contributed by atoms with E-state index in [1.54, 1.807) is 0 Å². The quantitative estimate of drug-likeness (QED) is 0.119. The zero-order valence-electron chi connectivity index (χ0n) is 32.3. The van der Waals surface area contributed by atoms with Crippen molar-refractivity contribution in [1.82, 2.24) is 0 Å². The molecule has 2 aromatic carbocycles. The van der Waals surface area contributed by atoms with Crippen molar-refractivity contribution in [3.05, 3.63) is 72.8 Å². The molecule has 1 aliphatic rings. The maximum Gasteiger partial charge on any atom is 0.311 e. The van der Waals surface area contributed by atoms with Gasteiger partial charge in [0.15, 0.2) is 14.1 Å². The van der Waals surface area contributed by atoms with Gasteiger partial charge in [-0.25, -0.2) is 0 Å². The topological polar surface area (TPSA) is 63.2 Å². The zero-order chi connectivity index (χ0) is 36.2. The summed E-state index contributed by atoms with van der Waals surface area (Å²) < 4.78 is 33.0. The van der Waals surface area contributed by atoms with Crippen molar-refractivity contribution in [1.29, 1.82) is 0 Å². The van der Waals surface area contributed by atoms with Crippen LogP contribution in [0.3, 0.4) is 0 Å². The highest BCUT2D eigenvalue weighted by molar-refractivity contribution is 6.99. The van der Waals surface area contributed by atoms with E-state index in [0.717, 1.165) is 0 Å². The summed E-state index contributed by atoms with van der Waals surface area (Å²) in [5, 5.41) is 2.44. The van der Waals surface area contributed by atoms with Crippen molar-refractivity contribution in [2.75, 3.05) is 6.61 Å². The predicted molar refractivity (Wildman–Crippen MR) is 203 cm³/mol. The van der Waals surface area contributed by atoms with E-state index < -0.39 is 27.8 Å². The van der Waals surface area contributed by atoms with Crippen LogP contribution in [0.15, 0.2) is 72.8 Å². The van der Waals surface area contributed by atoms with Gasteiger partial charge in [-0.1, -0.05) is 114 Å². The maximum absolute atomic E-state index is 12.5. The van der Waals surface area contributed by atoms with Crippen molar-refractivity contribution < 1.29 is 27.9 Å². The van der Waals surface area contributed by atoms with Crippen LogP contribution in [-0.2, 0) is 27.9 Å². The summed E-state index contributed by atoms with van der Waals surface area (Å²) in [5.41, 5.74) is -0.560. The van der Waals surface area contributed by atoms with Crippen LogP contribution < -0.4 is 10.4 Å². The van der Waals surface area contributed by atoms with E-state index in [1.165, 1.54) is 10.4 Å². The number of benzene rings is 2. The second-order valence-electron chi connectivity index (χ2n) is 17.4. The number of hydrogen-bond acceptors (Lipinski definition) is 6. The van der Waals surface area contributed by atoms with Crippen LogP contribution in [0.1, 0.15) is 95.9 Å². The van der Waals surface area contributed by atoms with Crippen LogP contribution in [0, 0.1) is 5.41 Å². The maximum atomic E-state index is 12.5. The van der Waals surface area contributed by atoms with Crippen LogP contribution >= 0.6 is 0 Å². The van der Waals surface area contributed by atoms with Crippen molar-refractivity contribution >= 4 is 33.0 Å². The average Bonchev–Trinajstić information content (AvgIpc) is 3.28. The molecule has 0 N–H and O–H groups in total. The average molecular weight is 697 g/mol. The smallest absolute Gasteiger partial charge is 0.311 e. The first-order valence-electron chi connectivity index (χ1n) is 17.7. The normalized spacial score (nSPS) is 20.5. The van der Waals surface area contributed by atoms with E-state index in [-0.39, 0.29) is 47.1 Å². The molecule has 0 aromatic heterocycles. The Labute approximate surface area is 294 Å². The van der Waals surface area contributed by atoms with Gasteiger partial charge in [0.2, 0.25) is 0 Å². The van der Waals surface area contributed by atoms with Crippen molar-refractivity contribution in [3.8, 4) is 0 Å². The Hall–Kier alpha value is -2.08. The summed E-state index contributed by atoms with van der Waals surface area (Å²) in [4.78, 5) is 12.5. The molecule has 0 bridgehead atoms. The standard InChI is InChI=1S/C40H64O6Si2/c1-30(45-48(39(8,9)10,31-23-17-15-18-24-31)32-25-19-16-20-26-32)22-21-27-34(46-47(13,14)38(5,6)7)35-33(43-40(11,12)44-35)28-29-42-36(41)37(2,3)4/h15-21,23-27,30,33-35H,22,28-29H2,1-14H3/b27-21-/t30-,33+,34?,35+/m1/s1. The number of carbonyl (C=O) groups excluding carboxylic acids is 1. The van der Waals surface area contributed by atoms with E-state index in [4.69, 9.17) is 23.1 Å². The van der Waals surface area contributed by atoms with Crippen molar-refractivity contribution in [2.45, 2.75) is 149 Å². The highest BCUT2D eigenvalue weighted by atomic mass is 28.4. The molecule has 1 unspecified atom stereocenters. The number of hydrogen-bond donors (Lipinski definition) is 0. The van der Waals surface area contributed by atoms with Crippen molar-refractivity contribution in [2.24, 2.45) is 5.41 Å². The first-order chi connectivity index (χ1) is 22.0. The summed E-state index contributed by atoms with van der Waals surface area (Å²) in [6.45, 7) is 30.1. The third kappa shape index (κ3) is 10.0. The molecule has 48 heavy (non-hydrogen) atoms. The number of esters is 1. The van der Waals surface area contributed by atoms with Crippen molar-refractivity contribution in [3.63, 3.8) is 0 Å². The molecule has 0 aliphatic carbocycles. The van der Waals surface area contributed by atoms with E-state index in [1.807, 2.05) is 34.6 Å². The summed E-state index contributed by atoms with van der Waals surface area (Å²) in [6, 6.07) is 21.5. The summed E-state index contributed by atoms with van der Waals surface area (Å²) >= 11 is 0. The Bertz CT molecular complexity index is 1300. The molecule has 6 nitrogen and oxygen atoms in total. The van der Waals surface area contributed by atoms with Crippen LogP contribution in [0.2, 0.25) is 23.2 Å². The SMILES string of the molecule is C[C@H](C/C=C\C(O[Si](C)(C)C(C)(C)C)[C@H]1OC(C)(C)O[C@H]1CCOC(=O)C(C)(C)C)O[Si](c1ccccc1)(c1ccccc1)C(C)(C)C. The van der Waals surface area contributed by atoms with Gasteiger partial charge in [-0.3, -0.25) is 4.79 Å². The fourth-order valence-corrected chi connectivity index (χ4v) is 12.0. The summed E-state index contributed by atoms with van der Waals surface area (Å²) in [5.74, 6) is -1.01. The lowest BCUT2D eigenvalue weighted by Crippen LogP contribution is -2.67. The minimum atomic E-state index is -2.69. The van der Waals surface area contributed by atoms with Gasteiger partial charge in [0.05, 0.1) is 24.2 Å². The minimum Gasteiger partial charge on any atom is -0.465 e. The van der Waals surface area contributed by atoms with Gasteiger partial charge < -0.3 is 23.1 Å². The lowest BCUT2D eigenvalue weighted by Gasteiger charge is -2.44. The first kappa shape index (κ1) is 40.4. The Morgan fingerprint density at radius 1 is 0.833 bits per heavy atom. The molecule has 1 heterocycles. The Kier molecular flexibility index (Phi) is 13.0. The third-order valence-corrected chi connectivity index (χ3v) is 19.3. The Morgan fingerprint density at radius 3 is 1.81 bits per heavy atom. The van der Waals surface area contributed by atoms with Gasteiger partial charge in [-0.2, -0.15) is 0 Å². The van der Waals surface area contributed by atoms with Gasteiger partial charge >= 0.3 is 5.97 Å². The van der Waals surface area contributed by atoms with Gasteiger partial charge in [-0.05, 0) is 81.5 Å². The largest absolute Gasteiger partial charge is 0.465 e. The highest BCUT2D eigenvalue weighted by Crippen LogP contribution is 2.41. The van der Waals surface area contributed by atoms with Gasteiger partial charge in [0.1, 0.15) is 6.10 Å². The fraction of sp³-hybridized carbons (Fsp3) is 0.625. The van der Waals surface area contributed by atoms with Crippen LogP contribution in [-0.4, -0.2) is 59.4 Å². The Balaban J connectivity index is 1.92. The van der Waals surface area contributed by atoms with E-state index in [0.29, 0.717) is 12.8 Å². The highest BCUT2D eigenvalue weighted by Gasteiger charge is 2.51. The molecule has 1 saturated heterocycles. The molecule has 268 valence electrons. The summed E-state index contributed by atoms with van der Waals surface area (Å²) in [6.07, 6.45) is 4.56. The van der Waals surface area contributed by atoms with Crippen LogP contribution in [0.4, 0.5) is 0 Å². The minimum absolute atomic E-state index is 0.00544. The number of rotatable bonds is 13. The molecule has 3 rings (SSSR count). The van der Waals surface area contributed by atoms with Crippen LogP contribution in [0.5, 0.6) is 0 Å². The lowest BCUT2D eigenvalue weighted by molar-refractivity contribution is -0.157. The zero-order valence-corrected chi connectivity index (χ0v) is 34.3. The van der Waals surface area contributed by atoms with E-state index in [2.05, 4.69) is 134 Å². The van der Waals surface area contributed by atoms with Gasteiger partial charge in [-0.15, -0.1) is 0 Å². The lowest BCUT2D eigenvalue weighted by atomic mass is 9.97. The Morgan fingerprint density at radius 2 is 1.35 bits per heavy atom. The molecule has 8 heteroatoms. The monoisotopic (exact) mass is 696 g/mol. The molecule has 0 radical (unpaired) electrons. The second-order valence-corrected chi connectivity index (χ2v) is 26.4. The van der Waals surface area contributed by atoms with Gasteiger partial charge in [0.25, 0.3) is 8.32 Å². The molecule has 2 aromatic rings. The molecule has 1 aliphatic heterocycles. The molecular weight excluding hydrogens is 633 g/mol. The van der Waals surface area contributed by atoms with Gasteiger partial charge in [0, 0.05) is 12.5 Å². The number of ether oxygens (including phenoxy) is 3. The second kappa shape index (κ2) is 15.4. The predicted octanol–water partition coefficient (Wildman–Crippen LogP) is 8.79. The molecule has 0 saturated carbocycles. The third-order valence-electron chi connectivity index (χ3n) is 9.62. The summed E-state index contributed by atoms with van der Waals surface area (Å²) in [7, 11) is -4.90. The molecule has 0 spiro atoms. The van der Waals surface area contributed by atoms with E-state index >= 15 is 0 Å².